The fraction of sp³-hybridized carbons (Fsp3) is 0.321. The Kier molecular flexibility index (Phi) is 7.19. The van der Waals surface area contributed by atoms with Gasteiger partial charge in [-0.05, 0) is 47.9 Å². The van der Waals surface area contributed by atoms with Gasteiger partial charge in [-0.25, -0.2) is 13.2 Å². The maximum Gasteiger partial charge on any atom is 0.339 e. The van der Waals surface area contributed by atoms with Crippen LogP contribution in [0.3, 0.4) is 0 Å². The quantitative estimate of drug-likeness (QED) is 0.447. The van der Waals surface area contributed by atoms with Gasteiger partial charge in [0.15, 0.2) is 11.5 Å². The van der Waals surface area contributed by atoms with Crippen molar-refractivity contribution < 1.29 is 32.2 Å². The van der Waals surface area contributed by atoms with Crippen molar-refractivity contribution in [3.63, 3.8) is 0 Å². The number of nitrogens with zero attached hydrogens (tertiary/aromatic N) is 1. The third kappa shape index (κ3) is 5.07. The third-order valence-electron chi connectivity index (χ3n) is 6.61. The minimum absolute atomic E-state index is 0.00527. The molecule has 0 spiro atoms. The van der Waals surface area contributed by atoms with Gasteiger partial charge in [-0.15, -0.1) is 0 Å². The van der Waals surface area contributed by atoms with Gasteiger partial charge in [0.25, 0.3) is 0 Å². The molecule has 0 radical (unpaired) electrons. The van der Waals surface area contributed by atoms with Crippen LogP contribution < -0.4 is 9.47 Å². The first-order valence-corrected chi connectivity index (χ1v) is 13.6. The fourth-order valence-electron chi connectivity index (χ4n) is 4.70. The second-order valence-electron chi connectivity index (χ2n) is 9.06. The van der Waals surface area contributed by atoms with Crippen molar-refractivity contribution in [2.75, 3.05) is 33.5 Å². The molecule has 8 nitrogen and oxygen atoms in total. The van der Waals surface area contributed by atoms with E-state index in [0.29, 0.717) is 30.3 Å². The molecule has 0 unspecified atom stereocenters. The standard InChI is InChI=1S/C28H29NO7S/c1-19-7-3-4-8-23(19)20-15-21-17-29(37(31,32)26-10-6-5-9-24(26)28(30)33-2)12-14-35-27(21)25(16-20)36-22-11-13-34-18-22/h3-10,15-16,22H,11-14,17-18H2,1-2H3/t22-/m0/s1. The first kappa shape index (κ1) is 25.3. The summed E-state index contributed by atoms with van der Waals surface area (Å²) in [4.78, 5) is 12.2. The molecular weight excluding hydrogens is 494 g/mol. The molecule has 0 aliphatic carbocycles. The monoisotopic (exact) mass is 523 g/mol. The van der Waals surface area contributed by atoms with Gasteiger partial charge in [0, 0.05) is 25.1 Å². The molecule has 9 heteroatoms. The number of aryl methyl sites for hydroxylation is 1. The number of hydrogen-bond donors (Lipinski definition) is 0. The number of rotatable bonds is 6. The zero-order valence-corrected chi connectivity index (χ0v) is 21.6. The van der Waals surface area contributed by atoms with Crippen molar-refractivity contribution in [3.05, 3.63) is 77.4 Å². The van der Waals surface area contributed by atoms with E-state index >= 15 is 0 Å². The summed E-state index contributed by atoms with van der Waals surface area (Å²) in [6.45, 7) is 3.46. The molecule has 1 fully saturated rings. The van der Waals surface area contributed by atoms with Gasteiger partial charge in [0.1, 0.15) is 12.7 Å². The summed E-state index contributed by atoms with van der Waals surface area (Å²) >= 11 is 0. The molecule has 0 amide bonds. The molecule has 194 valence electrons. The number of fused-ring (bicyclic) bond motifs is 1. The van der Waals surface area contributed by atoms with Crippen LogP contribution in [0.25, 0.3) is 11.1 Å². The number of benzene rings is 3. The van der Waals surface area contributed by atoms with Crippen molar-refractivity contribution in [1.29, 1.82) is 0 Å². The normalized spacial score (nSPS) is 17.9. The van der Waals surface area contributed by atoms with Gasteiger partial charge >= 0.3 is 5.97 Å². The van der Waals surface area contributed by atoms with E-state index in [1.807, 2.05) is 43.3 Å². The molecule has 0 bridgehead atoms. The zero-order chi connectivity index (χ0) is 26.0. The van der Waals surface area contributed by atoms with E-state index in [1.165, 1.54) is 23.5 Å². The smallest absolute Gasteiger partial charge is 0.339 e. The van der Waals surface area contributed by atoms with Crippen LogP contribution >= 0.6 is 0 Å². The van der Waals surface area contributed by atoms with E-state index < -0.39 is 16.0 Å². The van der Waals surface area contributed by atoms with Crippen LogP contribution in [0.1, 0.15) is 27.9 Å². The van der Waals surface area contributed by atoms with Crippen molar-refractivity contribution in [3.8, 4) is 22.6 Å². The zero-order valence-electron chi connectivity index (χ0n) is 20.8. The lowest BCUT2D eigenvalue weighted by molar-refractivity contribution is 0.0596. The number of sulfonamides is 1. The fourth-order valence-corrected chi connectivity index (χ4v) is 6.28. The summed E-state index contributed by atoms with van der Waals surface area (Å²) in [5.74, 6) is 0.394. The Morgan fingerprint density at radius 3 is 2.59 bits per heavy atom. The van der Waals surface area contributed by atoms with Crippen LogP contribution in [-0.2, 0) is 26.0 Å². The van der Waals surface area contributed by atoms with Gasteiger partial charge in [-0.3, -0.25) is 0 Å². The molecule has 0 saturated carbocycles. The lowest BCUT2D eigenvalue weighted by Gasteiger charge is -2.22. The van der Waals surface area contributed by atoms with Crippen molar-refractivity contribution in [2.45, 2.75) is 30.9 Å². The summed E-state index contributed by atoms with van der Waals surface area (Å²) in [5.41, 5.74) is 3.69. The summed E-state index contributed by atoms with van der Waals surface area (Å²) in [5, 5.41) is 0. The Balaban J connectivity index is 1.58. The Morgan fingerprint density at radius 2 is 1.84 bits per heavy atom. The first-order chi connectivity index (χ1) is 17.9. The van der Waals surface area contributed by atoms with E-state index in [2.05, 4.69) is 0 Å². The molecule has 5 rings (SSSR count). The number of hydrogen-bond acceptors (Lipinski definition) is 7. The summed E-state index contributed by atoms with van der Waals surface area (Å²) in [7, 11) is -2.82. The molecule has 2 aliphatic rings. The molecule has 37 heavy (non-hydrogen) atoms. The van der Waals surface area contributed by atoms with Crippen LogP contribution in [-0.4, -0.2) is 58.3 Å². The van der Waals surface area contributed by atoms with Crippen LogP contribution in [0.5, 0.6) is 11.5 Å². The number of carbonyl (C=O) groups excluding carboxylic acids is 1. The highest BCUT2D eigenvalue weighted by Gasteiger charge is 2.33. The second-order valence-corrected chi connectivity index (χ2v) is 11.0. The van der Waals surface area contributed by atoms with E-state index in [4.69, 9.17) is 18.9 Å². The highest BCUT2D eigenvalue weighted by molar-refractivity contribution is 7.89. The van der Waals surface area contributed by atoms with Gasteiger partial charge in [0.05, 0.1) is 30.8 Å². The summed E-state index contributed by atoms with van der Waals surface area (Å²) < 4.78 is 51.6. The number of ether oxygens (including phenoxy) is 4. The minimum Gasteiger partial charge on any atom is -0.488 e. The van der Waals surface area contributed by atoms with E-state index in [0.717, 1.165) is 23.1 Å². The van der Waals surface area contributed by atoms with Gasteiger partial charge < -0.3 is 18.9 Å². The Hall–Kier alpha value is -3.40. The average Bonchev–Trinajstić information content (AvgIpc) is 3.31. The van der Waals surface area contributed by atoms with E-state index in [1.54, 1.807) is 12.1 Å². The molecule has 0 aromatic heterocycles. The molecule has 3 aromatic rings. The van der Waals surface area contributed by atoms with Gasteiger partial charge in [0.2, 0.25) is 10.0 Å². The van der Waals surface area contributed by atoms with E-state index in [9.17, 15) is 13.2 Å². The van der Waals surface area contributed by atoms with Crippen molar-refractivity contribution >= 4 is 16.0 Å². The Bertz CT molecular complexity index is 1410. The maximum atomic E-state index is 13.8. The van der Waals surface area contributed by atoms with Gasteiger partial charge in [-0.2, -0.15) is 4.31 Å². The highest BCUT2D eigenvalue weighted by Crippen LogP contribution is 2.41. The van der Waals surface area contributed by atoms with Crippen molar-refractivity contribution in [2.24, 2.45) is 0 Å². The topological polar surface area (TPSA) is 91.4 Å². The molecule has 0 N–H and O–H groups in total. The largest absolute Gasteiger partial charge is 0.488 e. The number of methoxy groups -OCH3 is 1. The predicted molar refractivity (Wildman–Crippen MR) is 137 cm³/mol. The summed E-state index contributed by atoms with van der Waals surface area (Å²) in [6, 6.07) is 18.0. The van der Waals surface area contributed by atoms with Crippen LogP contribution in [0.15, 0.2) is 65.6 Å². The lowest BCUT2D eigenvalue weighted by Crippen LogP contribution is -2.33. The first-order valence-electron chi connectivity index (χ1n) is 12.2. The Labute approximate surface area is 216 Å². The number of carbonyl (C=O) groups is 1. The lowest BCUT2D eigenvalue weighted by atomic mass is 9.98. The molecular formula is C28H29NO7S. The predicted octanol–water partition coefficient (Wildman–Crippen LogP) is 4.20. The molecule has 3 aromatic carbocycles. The van der Waals surface area contributed by atoms with Crippen LogP contribution in [0.4, 0.5) is 0 Å². The molecule has 1 atom stereocenters. The SMILES string of the molecule is COC(=O)c1ccccc1S(=O)(=O)N1CCOc2c(cc(-c3ccccc3C)cc2O[C@H]2CCOC2)C1. The molecule has 2 heterocycles. The van der Waals surface area contributed by atoms with Gasteiger partial charge in [-0.1, -0.05) is 36.4 Å². The summed E-state index contributed by atoms with van der Waals surface area (Å²) in [6.07, 6.45) is 0.670. The van der Waals surface area contributed by atoms with Crippen molar-refractivity contribution in [1.82, 2.24) is 4.31 Å². The second kappa shape index (κ2) is 10.5. The maximum absolute atomic E-state index is 13.8. The minimum atomic E-state index is -4.04. The molecule has 1 saturated heterocycles. The molecule has 2 aliphatic heterocycles. The average molecular weight is 524 g/mol. The highest BCUT2D eigenvalue weighted by atomic mass is 32.2. The van der Waals surface area contributed by atoms with Crippen LogP contribution in [0, 0.1) is 6.92 Å². The third-order valence-corrected chi connectivity index (χ3v) is 8.52. The van der Waals surface area contributed by atoms with E-state index in [-0.39, 0.29) is 36.3 Å². The van der Waals surface area contributed by atoms with Crippen LogP contribution in [0.2, 0.25) is 0 Å². The number of esters is 1. The Morgan fingerprint density at radius 1 is 1.05 bits per heavy atom.